The van der Waals surface area contributed by atoms with Gasteiger partial charge in [0.25, 0.3) is 10.0 Å². The lowest BCUT2D eigenvalue weighted by molar-refractivity contribution is -0.383. The summed E-state index contributed by atoms with van der Waals surface area (Å²) in [6, 6.07) is 1.10. The van der Waals surface area contributed by atoms with E-state index in [0.29, 0.717) is 19.3 Å². The monoisotopic (exact) mass is 335 g/mol. The summed E-state index contributed by atoms with van der Waals surface area (Å²) in [4.78, 5) is 10.3. The second-order valence-corrected chi connectivity index (χ2v) is 7.69. The van der Waals surface area contributed by atoms with Gasteiger partial charge in [0.15, 0.2) is 5.00 Å². The largest absolute Gasteiger partial charge is 0.374 e. The van der Waals surface area contributed by atoms with Crippen LogP contribution in [0.15, 0.2) is 10.3 Å². The Morgan fingerprint density at radius 3 is 2.14 bits per heavy atom. The van der Waals surface area contributed by atoms with Crippen LogP contribution in [0.5, 0.6) is 0 Å². The van der Waals surface area contributed by atoms with Crippen LogP contribution in [0.4, 0.5) is 10.7 Å². The maximum atomic E-state index is 12.5. The molecule has 0 aromatic carbocycles. The molecule has 1 aromatic rings. The van der Waals surface area contributed by atoms with Crippen LogP contribution in [0, 0.1) is 10.1 Å². The second kappa shape index (κ2) is 6.71. The molecule has 0 radical (unpaired) electrons. The average Bonchev–Trinajstić information content (AvgIpc) is 2.90. The molecule has 1 heterocycles. The Balaban J connectivity index is 3.23. The van der Waals surface area contributed by atoms with Crippen LogP contribution in [0.2, 0.25) is 0 Å². The maximum Gasteiger partial charge on any atom is 0.304 e. The summed E-state index contributed by atoms with van der Waals surface area (Å²) in [7, 11) is -2.25. The molecule has 21 heavy (non-hydrogen) atoms. The summed E-state index contributed by atoms with van der Waals surface area (Å²) in [6.45, 7) is 5.77. The molecule has 0 saturated heterocycles. The Kier molecular flexibility index (Phi) is 5.71. The van der Waals surface area contributed by atoms with Gasteiger partial charge in [-0.25, -0.2) is 13.1 Å². The quantitative estimate of drug-likeness (QED) is 0.562. The summed E-state index contributed by atoms with van der Waals surface area (Å²) in [6.07, 6.45) is 1.97. The Labute approximate surface area is 129 Å². The van der Waals surface area contributed by atoms with E-state index in [1.165, 1.54) is 7.05 Å². The minimum absolute atomic E-state index is 0.0433. The topological polar surface area (TPSA) is 101 Å². The Morgan fingerprint density at radius 1 is 1.29 bits per heavy atom. The van der Waals surface area contributed by atoms with Crippen LogP contribution >= 0.6 is 11.3 Å². The number of nitrogens with zero attached hydrogens (tertiary/aromatic N) is 1. The minimum atomic E-state index is -3.78. The zero-order valence-electron chi connectivity index (χ0n) is 12.6. The first-order valence-corrected chi connectivity index (χ1v) is 9.05. The van der Waals surface area contributed by atoms with E-state index in [2.05, 4.69) is 10.0 Å². The normalized spacial score (nSPS) is 12.4. The zero-order chi connectivity index (χ0) is 16.3. The molecule has 0 aliphatic carbocycles. The predicted octanol–water partition coefficient (Wildman–Crippen LogP) is 2.95. The number of nitrogens with one attached hydrogen (secondary N) is 2. The maximum absolute atomic E-state index is 12.5. The summed E-state index contributed by atoms with van der Waals surface area (Å²) in [5.74, 6) is 0. The van der Waals surface area contributed by atoms with Crippen LogP contribution in [-0.4, -0.2) is 25.9 Å². The van der Waals surface area contributed by atoms with Crippen molar-refractivity contribution in [3.8, 4) is 0 Å². The molecule has 7 nitrogen and oxygen atoms in total. The van der Waals surface area contributed by atoms with E-state index in [0.717, 1.165) is 17.4 Å². The number of hydrogen-bond acceptors (Lipinski definition) is 6. The first-order valence-electron chi connectivity index (χ1n) is 6.75. The van der Waals surface area contributed by atoms with Crippen LogP contribution in [0.3, 0.4) is 0 Å². The van der Waals surface area contributed by atoms with Gasteiger partial charge < -0.3 is 5.32 Å². The van der Waals surface area contributed by atoms with Crippen molar-refractivity contribution in [2.45, 2.75) is 49.8 Å². The van der Waals surface area contributed by atoms with Crippen LogP contribution in [-0.2, 0) is 10.0 Å². The summed E-state index contributed by atoms with van der Waals surface area (Å²) >= 11 is 0.864. The van der Waals surface area contributed by atoms with Gasteiger partial charge >= 0.3 is 5.69 Å². The second-order valence-electron chi connectivity index (χ2n) is 4.73. The third-order valence-corrected chi connectivity index (χ3v) is 6.95. The third kappa shape index (κ3) is 3.72. The van der Waals surface area contributed by atoms with E-state index in [4.69, 9.17) is 0 Å². The van der Waals surface area contributed by atoms with Gasteiger partial charge in [0.05, 0.1) is 4.92 Å². The van der Waals surface area contributed by atoms with E-state index in [9.17, 15) is 18.5 Å². The first-order chi connectivity index (χ1) is 9.75. The fraction of sp³-hybridized carbons (Fsp3) is 0.667. The molecular weight excluding hydrogens is 314 g/mol. The average molecular weight is 335 g/mol. The van der Waals surface area contributed by atoms with Crippen LogP contribution < -0.4 is 10.0 Å². The SMILES string of the molecule is CCC(CC)(CC)NS(=O)(=O)c1cc([N+](=O)[O-])c(NC)s1. The van der Waals surface area contributed by atoms with Gasteiger partial charge in [0, 0.05) is 18.7 Å². The molecule has 0 spiro atoms. The molecule has 0 bridgehead atoms. The van der Waals surface area contributed by atoms with Crippen molar-refractivity contribution < 1.29 is 13.3 Å². The Bertz CT molecular complexity index is 598. The van der Waals surface area contributed by atoms with Gasteiger partial charge in [0.1, 0.15) is 4.21 Å². The van der Waals surface area contributed by atoms with Gasteiger partial charge in [-0.3, -0.25) is 10.1 Å². The fourth-order valence-corrected chi connectivity index (χ4v) is 5.00. The molecule has 1 rings (SSSR count). The van der Waals surface area contributed by atoms with Gasteiger partial charge in [-0.05, 0) is 19.3 Å². The molecule has 0 aliphatic rings. The molecule has 0 amide bonds. The summed E-state index contributed by atoms with van der Waals surface area (Å²) in [5.41, 5.74) is -0.741. The van der Waals surface area contributed by atoms with Gasteiger partial charge in [0.2, 0.25) is 0 Å². The fourth-order valence-electron chi connectivity index (χ4n) is 2.11. The molecule has 1 aromatic heterocycles. The van der Waals surface area contributed by atoms with Crippen molar-refractivity contribution in [2.75, 3.05) is 12.4 Å². The van der Waals surface area contributed by atoms with E-state index < -0.39 is 20.5 Å². The number of hydrogen-bond donors (Lipinski definition) is 2. The molecule has 2 N–H and O–H groups in total. The highest BCUT2D eigenvalue weighted by Crippen LogP contribution is 2.37. The molecule has 0 saturated carbocycles. The Morgan fingerprint density at radius 2 is 1.81 bits per heavy atom. The van der Waals surface area contributed by atoms with E-state index >= 15 is 0 Å². The molecule has 0 atom stereocenters. The van der Waals surface area contributed by atoms with E-state index in [-0.39, 0.29) is 14.9 Å². The van der Waals surface area contributed by atoms with Crippen molar-refractivity contribution in [1.29, 1.82) is 0 Å². The zero-order valence-corrected chi connectivity index (χ0v) is 14.2. The summed E-state index contributed by atoms with van der Waals surface area (Å²) in [5, 5.41) is 13.8. The van der Waals surface area contributed by atoms with Crippen molar-refractivity contribution >= 4 is 32.0 Å². The van der Waals surface area contributed by atoms with Crippen LogP contribution in [0.25, 0.3) is 0 Å². The molecule has 120 valence electrons. The molecule has 0 aliphatic heterocycles. The highest BCUT2D eigenvalue weighted by atomic mass is 32.2. The van der Waals surface area contributed by atoms with E-state index in [1.54, 1.807) is 0 Å². The smallest absolute Gasteiger partial charge is 0.304 e. The molecule has 9 heteroatoms. The van der Waals surface area contributed by atoms with Crippen molar-refractivity contribution in [2.24, 2.45) is 0 Å². The van der Waals surface area contributed by atoms with E-state index in [1.807, 2.05) is 20.8 Å². The third-order valence-electron chi connectivity index (χ3n) is 3.76. The van der Waals surface area contributed by atoms with Gasteiger partial charge in [-0.1, -0.05) is 32.1 Å². The van der Waals surface area contributed by atoms with Gasteiger partial charge in [-0.2, -0.15) is 0 Å². The number of rotatable bonds is 8. The first kappa shape index (κ1) is 17.9. The highest BCUT2D eigenvalue weighted by Gasteiger charge is 2.33. The number of thiophene rings is 1. The standard InChI is InChI=1S/C12H21N3O4S2/c1-5-12(6-2,7-3)14-21(18,19)10-8-9(15(16)17)11(13-4)20-10/h8,13-14H,5-7H2,1-4H3. The number of nitro groups is 1. The predicted molar refractivity (Wildman–Crippen MR) is 84.4 cm³/mol. The number of sulfonamides is 1. The highest BCUT2D eigenvalue weighted by molar-refractivity contribution is 7.91. The lowest BCUT2D eigenvalue weighted by Gasteiger charge is -2.30. The minimum Gasteiger partial charge on any atom is -0.374 e. The van der Waals surface area contributed by atoms with Crippen molar-refractivity contribution in [3.05, 3.63) is 16.2 Å². The lowest BCUT2D eigenvalue weighted by atomic mass is 9.91. The molecular formula is C12H21N3O4S2. The lowest BCUT2D eigenvalue weighted by Crippen LogP contribution is -2.46. The number of anilines is 1. The van der Waals surface area contributed by atoms with Crippen molar-refractivity contribution in [3.63, 3.8) is 0 Å². The van der Waals surface area contributed by atoms with Gasteiger partial charge in [-0.15, -0.1) is 0 Å². The Hall–Kier alpha value is -1.19. The molecule has 0 unspecified atom stereocenters. The van der Waals surface area contributed by atoms with Crippen molar-refractivity contribution in [1.82, 2.24) is 4.72 Å². The molecule has 0 fully saturated rings. The summed E-state index contributed by atoms with van der Waals surface area (Å²) < 4.78 is 27.6. The van der Waals surface area contributed by atoms with Crippen LogP contribution in [0.1, 0.15) is 40.0 Å².